The third kappa shape index (κ3) is 4.96. The van der Waals surface area contributed by atoms with Crippen LogP contribution in [0.5, 0.6) is 5.75 Å². The third-order valence-corrected chi connectivity index (χ3v) is 3.35. The second-order valence-corrected chi connectivity index (χ2v) is 5.45. The lowest BCUT2D eigenvalue weighted by Crippen LogP contribution is -2.25. The number of hydrogen-bond donors (Lipinski definition) is 1. The minimum atomic E-state index is -3.01. The van der Waals surface area contributed by atoms with Crippen LogP contribution in [0.25, 0.3) is 0 Å². The van der Waals surface area contributed by atoms with E-state index in [2.05, 4.69) is 15.2 Å². The number of nitro groups is 1. The standard InChI is InChI=1S/C15H16F2N4O4/c1-9-3-4-13(25-15(16)17)12(5-9)19-14(22)10(2)7-20-8-11(6-18-20)21(23)24/h3-6,8,10,15H,7H2,1-2H3,(H,19,22). The van der Waals surface area contributed by atoms with E-state index in [1.807, 2.05) is 0 Å². The van der Waals surface area contributed by atoms with Gasteiger partial charge in [-0.1, -0.05) is 13.0 Å². The average molecular weight is 354 g/mol. The second kappa shape index (κ2) is 7.69. The van der Waals surface area contributed by atoms with Crippen molar-refractivity contribution in [3.8, 4) is 5.75 Å². The molecule has 10 heteroatoms. The van der Waals surface area contributed by atoms with Crippen LogP contribution in [0.15, 0.2) is 30.6 Å². The van der Waals surface area contributed by atoms with E-state index in [1.165, 1.54) is 23.0 Å². The molecule has 1 aromatic heterocycles. The number of hydrogen-bond acceptors (Lipinski definition) is 5. The molecule has 0 radical (unpaired) electrons. The van der Waals surface area contributed by atoms with Gasteiger partial charge >= 0.3 is 12.3 Å². The lowest BCUT2D eigenvalue weighted by Gasteiger charge is -2.15. The van der Waals surface area contributed by atoms with Gasteiger partial charge in [0.15, 0.2) is 0 Å². The van der Waals surface area contributed by atoms with Gasteiger partial charge in [0.25, 0.3) is 0 Å². The number of rotatable bonds is 7. The first kappa shape index (κ1) is 18.3. The fraction of sp³-hybridized carbons (Fsp3) is 0.333. The van der Waals surface area contributed by atoms with Gasteiger partial charge in [-0.15, -0.1) is 0 Å². The molecule has 1 N–H and O–H groups in total. The topological polar surface area (TPSA) is 99.3 Å². The van der Waals surface area contributed by atoms with E-state index >= 15 is 0 Å². The normalized spacial score (nSPS) is 12.0. The van der Waals surface area contributed by atoms with E-state index in [-0.39, 0.29) is 23.7 Å². The fourth-order valence-electron chi connectivity index (χ4n) is 2.11. The van der Waals surface area contributed by atoms with Crippen LogP contribution in [-0.2, 0) is 11.3 Å². The van der Waals surface area contributed by atoms with Crippen molar-refractivity contribution in [3.05, 3.63) is 46.3 Å². The van der Waals surface area contributed by atoms with Crippen LogP contribution in [0.1, 0.15) is 12.5 Å². The number of halogens is 2. The molecule has 0 spiro atoms. The highest BCUT2D eigenvalue weighted by molar-refractivity contribution is 5.93. The maximum atomic E-state index is 12.5. The molecule has 2 rings (SSSR count). The van der Waals surface area contributed by atoms with Gasteiger partial charge < -0.3 is 10.1 Å². The Morgan fingerprint density at radius 2 is 2.20 bits per heavy atom. The molecule has 0 bridgehead atoms. The zero-order chi connectivity index (χ0) is 18.6. The Kier molecular flexibility index (Phi) is 5.63. The van der Waals surface area contributed by atoms with E-state index in [0.717, 1.165) is 11.8 Å². The number of anilines is 1. The number of alkyl halides is 2. The summed E-state index contributed by atoms with van der Waals surface area (Å²) in [7, 11) is 0. The minimum absolute atomic E-state index is 0.0938. The Morgan fingerprint density at radius 1 is 1.48 bits per heavy atom. The third-order valence-electron chi connectivity index (χ3n) is 3.35. The van der Waals surface area contributed by atoms with E-state index < -0.39 is 23.4 Å². The van der Waals surface area contributed by atoms with Crippen molar-refractivity contribution in [1.29, 1.82) is 0 Å². The summed E-state index contributed by atoms with van der Waals surface area (Å²) in [5.74, 6) is -1.21. The second-order valence-electron chi connectivity index (χ2n) is 5.45. The molecule has 0 aliphatic carbocycles. The predicted octanol–water partition coefficient (Wildman–Crippen LogP) is 2.98. The molecule has 1 aromatic carbocycles. The zero-order valence-electron chi connectivity index (χ0n) is 13.5. The van der Waals surface area contributed by atoms with Gasteiger partial charge in [0, 0.05) is 0 Å². The summed E-state index contributed by atoms with van der Waals surface area (Å²) in [5, 5.41) is 17.0. The molecule has 1 amide bonds. The molecule has 0 aliphatic rings. The summed E-state index contributed by atoms with van der Waals surface area (Å²) >= 11 is 0. The molecule has 1 heterocycles. The Morgan fingerprint density at radius 3 is 2.80 bits per heavy atom. The van der Waals surface area contributed by atoms with Gasteiger partial charge in [0.05, 0.1) is 23.1 Å². The largest absolute Gasteiger partial charge is 0.433 e. The maximum absolute atomic E-state index is 12.5. The lowest BCUT2D eigenvalue weighted by atomic mass is 10.1. The number of carbonyl (C=O) groups excluding carboxylic acids is 1. The van der Waals surface area contributed by atoms with Crippen LogP contribution in [0.3, 0.4) is 0 Å². The van der Waals surface area contributed by atoms with E-state index in [9.17, 15) is 23.7 Å². The fourth-order valence-corrected chi connectivity index (χ4v) is 2.11. The summed E-state index contributed by atoms with van der Waals surface area (Å²) in [5.41, 5.74) is 0.703. The molecular weight excluding hydrogens is 338 g/mol. The summed E-state index contributed by atoms with van der Waals surface area (Å²) in [6.45, 7) is 0.414. The number of aryl methyl sites for hydroxylation is 1. The van der Waals surface area contributed by atoms with Crippen molar-refractivity contribution in [3.63, 3.8) is 0 Å². The first-order valence-corrected chi connectivity index (χ1v) is 7.29. The van der Waals surface area contributed by atoms with Gasteiger partial charge in [-0.3, -0.25) is 19.6 Å². The van der Waals surface area contributed by atoms with Crippen molar-refractivity contribution in [1.82, 2.24) is 9.78 Å². The van der Waals surface area contributed by atoms with Crippen LogP contribution >= 0.6 is 0 Å². The molecule has 134 valence electrons. The van der Waals surface area contributed by atoms with Crippen molar-refractivity contribution >= 4 is 17.3 Å². The number of amides is 1. The first-order valence-electron chi connectivity index (χ1n) is 7.29. The average Bonchev–Trinajstić information content (AvgIpc) is 2.98. The van der Waals surface area contributed by atoms with Gasteiger partial charge in [-0.2, -0.15) is 13.9 Å². The molecule has 0 aliphatic heterocycles. The predicted molar refractivity (Wildman–Crippen MR) is 84.5 cm³/mol. The highest BCUT2D eigenvalue weighted by Crippen LogP contribution is 2.27. The van der Waals surface area contributed by atoms with E-state index in [4.69, 9.17) is 0 Å². The molecule has 8 nitrogen and oxygen atoms in total. The molecule has 1 unspecified atom stereocenters. The molecule has 25 heavy (non-hydrogen) atoms. The Bertz CT molecular complexity index is 779. The van der Waals surface area contributed by atoms with Crippen LogP contribution in [0.4, 0.5) is 20.2 Å². The van der Waals surface area contributed by atoms with Crippen LogP contribution in [0, 0.1) is 23.0 Å². The smallest absolute Gasteiger partial charge is 0.387 e. The van der Waals surface area contributed by atoms with Gasteiger partial charge in [-0.25, -0.2) is 0 Å². The lowest BCUT2D eigenvalue weighted by molar-refractivity contribution is -0.385. The highest BCUT2D eigenvalue weighted by Gasteiger charge is 2.19. The van der Waals surface area contributed by atoms with E-state index in [0.29, 0.717) is 0 Å². The number of nitrogens with one attached hydrogen (secondary N) is 1. The van der Waals surface area contributed by atoms with Crippen molar-refractivity contribution in [2.75, 3.05) is 5.32 Å². The summed E-state index contributed by atoms with van der Waals surface area (Å²) in [4.78, 5) is 22.3. The van der Waals surface area contributed by atoms with E-state index in [1.54, 1.807) is 19.9 Å². The Labute approximate surface area is 141 Å². The number of benzene rings is 1. The SMILES string of the molecule is Cc1ccc(OC(F)F)c(NC(=O)C(C)Cn2cc([N+](=O)[O-])cn2)c1. The van der Waals surface area contributed by atoms with Gasteiger partial charge in [-0.05, 0) is 24.6 Å². The summed E-state index contributed by atoms with van der Waals surface area (Å²) in [6.07, 6.45) is 2.29. The molecular formula is C15H16F2N4O4. The highest BCUT2D eigenvalue weighted by atomic mass is 19.3. The number of ether oxygens (including phenoxy) is 1. The summed E-state index contributed by atoms with van der Waals surface area (Å²) in [6, 6.07) is 4.44. The Balaban J connectivity index is 2.07. The monoisotopic (exact) mass is 354 g/mol. The van der Waals surface area contributed by atoms with Crippen molar-refractivity contribution in [2.45, 2.75) is 27.0 Å². The first-order chi connectivity index (χ1) is 11.8. The molecule has 0 saturated carbocycles. The van der Waals surface area contributed by atoms with Crippen LogP contribution < -0.4 is 10.1 Å². The molecule has 0 fully saturated rings. The van der Waals surface area contributed by atoms with Crippen LogP contribution in [-0.4, -0.2) is 27.2 Å². The maximum Gasteiger partial charge on any atom is 0.387 e. The van der Waals surface area contributed by atoms with Crippen molar-refractivity contribution < 1.29 is 23.2 Å². The molecule has 0 saturated heterocycles. The number of carbonyl (C=O) groups is 1. The van der Waals surface area contributed by atoms with Gasteiger partial charge in [0.2, 0.25) is 5.91 Å². The minimum Gasteiger partial charge on any atom is -0.433 e. The summed E-state index contributed by atoms with van der Waals surface area (Å²) < 4.78 is 30.6. The number of nitrogens with zero attached hydrogens (tertiary/aromatic N) is 3. The molecule has 2 aromatic rings. The quantitative estimate of drug-likeness (QED) is 0.609. The van der Waals surface area contributed by atoms with Crippen LogP contribution in [0.2, 0.25) is 0 Å². The Hall–Kier alpha value is -3.04. The van der Waals surface area contributed by atoms with Gasteiger partial charge in [0.1, 0.15) is 18.1 Å². The molecule has 1 atom stereocenters. The number of aromatic nitrogens is 2. The zero-order valence-corrected chi connectivity index (χ0v) is 13.5. The van der Waals surface area contributed by atoms with Crippen molar-refractivity contribution in [2.24, 2.45) is 5.92 Å².